The largest absolute Gasteiger partial charge is 0.313 e. The molecule has 1 heterocycles. The normalized spacial score (nSPS) is 42.6. The summed E-state index contributed by atoms with van der Waals surface area (Å²) in [6.07, 6.45) is 0. The van der Waals surface area contributed by atoms with Gasteiger partial charge in [-0.1, -0.05) is 6.92 Å². The van der Waals surface area contributed by atoms with Gasteiger partial charge in [-0.25, -0.2) is 0 Å². The van der Waals surface area contributed by atoms with E-state index in [1.54, 1.807) is 0 Å². The van der Waals surface area contributed by atoms with Crippen LogP contribution in [-0.4, -0.2) is 37.6 Å². The van der Waals surface area contributed by atoms with Gasteiger partial charge in [-0.15, -0.1) is 0 Å². The first kappa shape index (κ1) is 8.02. The lowest BCUT2D eigenvalue weighted by Crippen LogP contribution is -2.46. The smallest absolute Gasteiger partial charge is 0.0315 e. The van der Waals surface area contributed by atoms with E-state index in [-0.39, 0.29) is 0 Å². The lowest BCUT2D eigenvalue weighted by Gasteiger charge is -2.27. The van der Waals surface area contributed by atoms with E-state index in [1.165, 1.54) is 13.1 Å². The Morgan fingerprint density at radius 1 is 1.60 bits per heavy atom. The number of nitrogens with zero attached hydrogens (tertiary/aromatic N) is 1. The average molecular weight is 142 g/mol. The number of nitrogens with one attached hydrogen (secondary N) is 1. The molecule has 1 fully saturated rings. The van der Waals surface area contributed by atoms with Gasteiger partial charge in [-0.2, -0.15) is 0 Å². The predicted molar refractivity (Wildman–Crippen MR) is 44.1 cm³/mol. The van der Waals surface area contributed by atoms with Gasteiger partial charge in [-0.3, -0.25) is 0 Å². The SMILES string of the molecule is CN[C@]1(C)CN(C)C[C@@H]1C. The standard InChI is InChI=1S/C8H18N2/c1-7-5-10(4)6-8(7,2)9-3/h7,9H,5-6H2,1-4H3/t7-,8+/m0/s1. The zero-order chi connectivity index (χ0) is 7.78. The topological polar surface area (TPSA) is 15.3 Å². The van der Waals surface area contributed by atoms with E-state index in [1.807, 2.05) is 0 Å². The van der Waals surface area contributed by atoms with Crippen molar-refractivity contribution in [3.8, 4) is 0 Å². The summed E-state index contributed by atoms with van der Waals surface area (Å²) in [7, 11) is 4.23. The first-order valence-corrected chi connectivity index (χ1v) is 3.96. The van der Waals surface area contributed by atoms with Crippen molar-refractivity contribution in [3.05, 3.63) is 0 Å². The monoisotopic (exact) mass is 142 g/mol. The van der Waals surface area contributed by atoms with Crippen LogP contribution in [0.3, 0.4) is 0 Å². The van der Waals surface area contributed by atoms with Crippen molar-refractivity contribution in [2.75, 3.05) is 27.2 Å². The summed E-state index contributed by atoms with van der Waals surface area (Å²) in [6, 6.07) is 0. The van der Waals surface area contributed by atoms with Crippen molar-refractivity contribution >= 4 is 0 Å². The Hall–Kier alpha value is -0.0800. The Bertz CT molecular complexity index is 124. The van der Waals surface area contributed by atoms with Crippen LogP contribution >= 0.6 is 0 Å². The van der Waals surface area contributed by atoms with E-state index >= 15 is 0 Å². The number of hydrogen-bond acceptors (Lipinski definition) is 2. The summed E-state index contributed by atoms with van der Waals surface area (Å²) < 4.78 is 0. The van der Waals surface area contributed by atoms with E-state index in [0.717, 1.165) is 5.92 Å². The maximum atomic E-state index is 3.38. The van der Waals surface area contributed by atoms with Crippen LogP contribution in [0.15, 0.2) is 0 Å². The molecule has 1 saturated heterocycles. The molecule has 10 heavy (non-hydrogen) atoms. The average Bonchev–Trinajstić information content (AvgIpc) is 2.09. The molecule has 2 nitrogen and oxygen atoms in total. The Balaban J connectivity index is 2.61. The van der Waals surface area contributed by atoms with E-state index in [0.29, 0.717) is 5.54 Å². The van der Waals surface area contributed by atoms with Crippen LogP contribution in [0.5, 0.6) is 0 Å². The fourth-order valence-corrected chi connectivity index (χ4v) is 1.78. The van der Waals surface area contributed by atoms with Crippen LogP contribution in [0.4, 0.5) is 0 Å². The van der Waals surface area contributed by atoms with Crippen molar-refractivity contribution in [2.45, 2.75) is 19.4 Å². The molecule has 0 aromatic carbocycles. The van der Waals surface area contributed by atoms with Gasteiger partial charge in [0.15, 0.2) is 0 Å². The molecule has 1 N–H and O–H groups in total. The van der Waals surface area contributed by atoms with Gasteiger partial charge in [0.2, 0.25) is 0 Å². The van der Waals surface area contributed by atoms with E-state index in [9.17, 15) is 0 Å². The number of hydrogen-bond donors (Lipinski definition) is 1. The number of likely N-dealkylation sites (N-methyl/N-ethyl adjacent to an activating group) is 2. The van der Waals surface area contributed by atoms with Gasteiger partial charge in [-0.05, 0) is 26.9 Å². The molecular formula is C8H18N2. The van der Waals surface area contributed by atoms with Gasteiger partial charge in [0.05, 0.1) is 0 Å². The maximum absolute atomic E-state index is 3.38. The Morgan fingerprint density at radius 2 is 2.20 bits per heavy atom. The van der Waals surface area contributed by atoms with E-state index < -0.39 is 0 Å². The third kappa shape index (κ3) is 1.18. The molecule has 0 aromatic heterocycles. The highest BCUT2D eigenvalue weighted by Gasteiger charge is 2.36. The zero-order valence-corrected chi connectivity index (χ0v) is 7.44. The predicted octanol–water partition coefficient (Wildman–Crippen LogP) is 0.546. The summed E-state index contributed by atoms with van der Waals surface area (Å²) in [5, 5.41) is 3.38. The molecular weight excluding hydrogens is 124 g/mol. The molecule has 1 rings (SSSR count). The van der Waals surface area contributed by atoms with Gasteiger partial charge < -0.3 is 10.2 Å². The highest BCUT2D eigenvalue weighted by atomic mass is 15.2. The fraction of sp³-hybridized carbons (Fsp3) is 1.00. The third-order valence-electron chi connectivity index (χ3n) is 2.84. The van der Waals surface area contributed by atoms with Crippen molar-refractivity contribution in [3.63, 3.8) is 0 Å². The lowest BCUT2D eigenvalue weighted by atomic mass is 9.91. The summed E-state index contributed by atoms with van der Waals surface area (Å²) in [5.41, 5.74) is 0.342. The van der Waals surface area contributed by atoms with Crippen molar-refractivity contribution in [2.24, 2.45) is 5.92 Å². The second-order valence-electron chi connectivity index (χ2n) is 3.77. The van der Waals surface area contributed by atoms with Gasteiger partial charge in [0, 0.05) is 18.6 Å². The summed E-state index contributed by atoms with van der Waals surface area (Å²) >= 11 is 0. The first-order valence-electron chi connectivity index (χ1n) is 3.96. The molecule has 0 amide bonds. The Morgan fingerprint density at radius 3 is 2.40 bits per heavy atom. The number of rotatable bonds is 1. The minimum Gasteiger partial charge on any atom is -0.313 e. The fourth-order valence-electron chi connectivity index (χ4n) is 1.78. The summed E-state index contributed by atoms with van der Waals surface area (Å²) in [4.78, 5) is 2.38. The quantitative estimate of drug-likeness (QED) is 0.575. The Kier molecular flexibility index (Phi) is 2.02. The molecule has 1 aliphatic heterocycles. The van der Waals surface area contributed by atoms with E-state index in [2.05, 4.69) is 38.2 Å². The molecule has 0 bridgehead atoms. The first-order chi connectivity index (χ1) is 4.58. The molecule has 0 unspecified atom stereocenters. The van der Waals surface area contributed by atoms with Gasteiger partial charge in [0.25, 0.3) is 0 Å². The zero-order valence-electron chi connectivity index (χ0n) is 7.44. The highest BCUT2D eigenvalue weighted by Crippen LogP contribution is 2.24. The van der Waals surface area contributed by atoms with Crippen LogP contribution in [0, 0.1) is 5.92 Å². The molecule has 0 radical (unpaired) electrons. The van der Waals surface area contributed by atoms with Crippen molar-refractivity contribution < 1.29 is 0 Å². The van der Waals surface area contributed by atoms with Gasteiger partial charge in [0.1, 0.15) is 0 Å². The molecule has 0 aromatic rings. The van der Waals surface area contributed by atoms with Crippen molar-refractivity contribution in [1.29, 1.82) is 0 Å². The molecule has 0 spiro atoms. The molecule has 0 aliphatic carbocycles. The minimum atomic E-state index is 0.342. The molecule has 2 atom stereocenters. The minimum absolute atomic E-state index is 0.342. The second-order valence-corrected chi connectivity index (χ2v) is 3.77. The number of likely N-dealkylation sites (tertiary alicyclic amines) is 1. The molecule has 2 heteroatoms. The Labute approximate surface area is 63.6 Å². The molecule has 1 aliphatic rings. The lowest BCUT2D eigenvalue weighted by molar-refractivity contribution is 0.322. The highest BCUT2D eigenvalue weighted by molar-refractivity contribution is 4.96. The van der Waals surface area contributed by atoms with E-state index in [4.69, 9.17) is 0 Å². The van der Waals surface area contributed by atoms with Crippen LogP contribution in [0.1, 0.15) is 13.8 Å². The molecule has 0 saturated carbocycles. The van der Waals surface area contributed by atoms with Crippen LogP contribution in [0.2, 0.25) is 0 Å². The van der Waals surface area contributed by atoms with Crippen LogP contribution in [0.25, 0.3) is 0 Å². The van der Waals surface area contributed by atoms with Crippen LogP contribution < -0.4 is 5.32 Å². The summed E-state index contributed by atoms with van der Waals surface area (Å²) in [5.74, 6) is 0.766. The third-order valence-corrected chi connectivity index (χ3v) is 2.84. The molecule has 60 valence electrons. The van der Waals surface area contributed by atoms with Crippen LogP contribution in [-0.2, 0) is 0 Å². The van der Waals surface area contributed by atoms with Gasteiger partial charge >= 0.3 is 0 Å². The van der Waals surface area contributed by atoms with Crippen molar-refractivity contribution in [1.82, 2.24) is 10.2 Å². The second kappa shape index (κ2) is 2.51. The maximum Gasteiger partial charge on any atom is 0.0315 e. The summed E-state index contributed by atoms with van der Waals surface area (Å²) in [6.45, 7) is 6.99.